The van der Waals surface area contributed by atoms with Gasteiger partial charge in [0, 0.05) is 9.61 Å². The third-order valence-electron chi connectivity index (χ3n) is 2.19. The van der Waals surface area contributed by atoms with Gasteiger partial charge in [0.25, 0.3) is 0 Å². The van der Waals surface area contributed by atoms with Crippen LogP contribution in [0.15, 0.2) is 34.8 Å². The molecular formula is C10H9N3S. The highest BCUT2D eigenvalue weighted by Crippen LogP contribution is 2.31. The van der Waals surface area contributed by atoms with Crippen molar-refractivity contribution in [2.24, 2.45) is 5.11 Å². The zero-order valence-corrected chi connectivity index (χ0v) is 8.53. The van der Waals surface area contributed by atoms with Crippen molar-refractivity contribution in [2.75, 3.05) is 0 Å². The lowest BCUT2D eigenvalue weighted by molar-refractivity contribution is 0.819. The monoisotopic (exact) mass is 203 g/mol. The standard InChI is InChI=1S/C10H9N3S/c1-7(12-13-11)9-6-14-10-5-3-2-4-8(9)10/h2-7H,1H3/t7-/m0/s1. The summed E-state index contributed by atoms with van der Waals surface area (Å²) in [7, 11) is 0. The summed E-state index contributed by atoms with van der Waals surface area (Å²) in [4.78, 5) is 2.83. The summed E-state index contributed by atoms with van der Waals surface area (Å²) in [6.07, 6.45) is 0. The summed E-state index contributed by atoms with van der Waals surface area (Å²) in [6, 6.07) is 8.06. The molecular weight excluding hydrogens is 194 g/mol. The summed E-state index contributed by atoms with van der Waals surface area (Å²) in [6.45, 7) is 1.91. The molecule has 0 saturated carbocycles. The fraction of sp³-hybridized carbons (Fsp3) is 0.200. The van der Waals surface area contributed by atoms with Crippen LogP contribution < -0.4 is 0 Å². The SMILES string of the molecule is C[C@H](N=[N+]=[N-])c1csc2ccccc12. The molecule has 1 heterocycles. The van der Waals surface area contributed by atoms with Crippen molar-refractivity contribution in [3.63, 3.8) is 0 Å². The van der Waals surface area contributed by atoms with Gasteiger partial charge in [0.15, 0.2) is 0 Å². The molecule has 1 atom stereocenters. The number of thiophene rings is 1. The lowest BCUT2D eigenvalue weighted by atomic mass is 10.1. The van der Waals surface area contributed by atoms with Crippen LogP contribution in [-0.2, 0) is 0 Å². The van der Waals surface area contributed by atoms with Crippen LogP contribution in [0.1, 0.15) is 18.5 Å². The fourth-order valence-electron chi connectivity index (χ4n) is 1.46. The summed E-state index contributed by atoms with van der Waals surface area (Å²) < 4.78 is 1.24. The van der Waals surface area contributed by atoms with E-state index < -0.39 is 0 Å². The zero-order chi connectivity index (χ0) is 9.97. The second-order valence-corrected chi connectivity index (χ2v) is 3.98. The van der Waals surface area contributed by atoms with Gasteiger partial charge in [-0.25, -0.2) is 0 Å². The Morgan fingerprint density at radius 1 is 1.43 bits per heavy atom. The number of benzene rings is 1. The highest BCUT2D eigenvalue weighted by atomic mass is 32.1. The van der Waals surface area contributed by atoms with E-state index in [1.807, 2.05) is 19.1 Å². The fourth-order valence-corrected chi connectivity index (χ4v) is 2.51. The Morgan fingerprint density at radius 2 is 2.21 bits per heavy atom. The molecule has 2 rings (SSSR count). The average Bonchev–Trinajstić information content (AvgIpc) is 2.61. The molecule has 2 aromatic rings. The third-order valence-corrected chi connectivity index (χ3v) is 3.17. The van der Waals surface area contributed by atoms with E-state index in [1.54, 1.807) is 11.3 Å². The Morgan fingerprint density at radius 3 is 3.00 bits per heavy atom. The van der Waals surface area contributed by atoms with Crippen molar-refractivity contribution in [1.29, 1.82) is 0 Å². The van der Waals surface area contributed by atoms with Crippen molar-refractivity contribution in [3.8, 4) is 0 Å². The number of fused-ring (bicyclic) bond motifs is 1. The van der Waals surface area contributed by atoms with Crippen molar-refractivity contribution in [1.82, 2.24) is 0 Å². The number of hydrogen-bond acceptors (Lipinski definition) is 2. The van der Waals surface area contributed by atoms with E-state index in [2.05, 4.69) is 27.5 Å². The molecule has 3 nitrogen and oxygen atoms in total. The van der Waals surface area contributed by atoms with Crippen LogP contribution in [-0.4, -0.2) is 0 Å². The maximum atomic E-state index is 8.37. The second kappa shape index (κ2) is 3.70. The first-order valence-electron chi connectivity index (χ1n) is 4.33. The number of azide groups is 1. The van der Waals surface area contributed by atoms with E-state index in [9.17, 15) is 0 Å². The highest BCUT2D eigenvalue weighted by Gasteiger charge is 2.08. The van der Waals surface area contributed by atoms with Gasteiger partial charge in [0.05, 0.1) is 6.04 Å². The van der Waals surface area contributed by atoms with Crippen LogP contribution in [0.2, 0.25) is 0 Å². The van der Waals surface area contributed by atoms with Gasteiger partial charge in [0.1, 0.15) is 0 Å². The van der Waals surface area contributed by atoms with Gasteiger partial charge in [-0.3, -0.25) is 0 Å². The maximum Gasteiger partial charge on any atom is 0.0611 e. The van der Waals surface area contributed by atoms with Crippen molar-refractivity contribution < 1.29 is 0 Å². The molecule has 0 spiro atoms. The van der Waals surface area contributed by atoms with Crippen molar-refractivity contribution in [3.05, 3.63) is 45.7 Å². The Labute approximate surface area is 85.6 Å². The molecule has 4 heteroatoms. The number of hydrogen-bond donors (Lipinski definition) is 0. The molecule has 0 saturated heterocycles. The number of nitrogens with zero attached hydrogens (tertiary/aromatic N) is 3. The van der Waals surface area contributed by atoms with Crippen LogP contribution in [0.25, 0.3) is 20.5 Å². The third kappa shape index (κ3) is 1.45. The molecule has 1 aromatic carbocycles. The quantitative estimate of drug-likeness (QED) is 0.397. The van der Waals surface area contributed by atoms with E-state index in [1.165, 1.54) is 10.1 Å². The van der Waals surface area contributed by atoms with Crippen LogP contribution in [0.3, 0.4) is 0 Å². The van der Waals surface area contributed by atoms with Gasteiger partial charge in [-0.1, -0.05) is 30.2 Å². The summed E-state index contributed by atoms with van der Waals surface area (Å²) in [5.74, 6) is 0. The molecule has 0 bridgehead atoms. The van der Waals surface area contributed by atoms with Gasteiger partial charge >= 0.3 is 0 Å². The average molecular weight is 203 g/mol. The van der Waals surface area contributed by atoms with E-state index in [0.717, 1.165) is 5.56 Å². The number of rotatable bonds is 2. The molecule has 0 N–H and O–H groups in total. The molecule has 1 aromatic heterocycles. The van der Waals surface area contributed by atoms with Crippen LogP contribution in [0.4, 0.5) is 0 Å². The van der Waals surface area contributed by atoms with Crippen molar-refractivity contribution in [2.45, 2.75) is 13.0 Å². The van der Waals surface area contributed by atoms with E-state index in [4.69, 9.17) is 5.53 Å². The van der Waals surface area contributed by atoms with Gasteiger partial charge in [0.2, 0.25) is 0 Å². The predicted octanol–water partition coefficient (Wildman–Crippen LogP) is 4.27. The minimum atomic E-state index is -0.0869. The smallest absolute Gasteiger partial charge is 0.0611 e. The molecule has 0 aliphatic rings. The second-order valence-electron chi connectivity index (χ2n) is 3.07. The summed E-state index contributed by atoms with van der Waals surface area (Å²) in [5.41, 5.74) is 9.48. The maximum absolute atomic E-state index is 8.37. The van der Waals surface area contributed by atoms with Gasteiger partial charge in [-0.15, -0.1) is 11.3 Å². The summed E-state index contributed by atoms with van der Waals surface area (Å²) >= 11 is 1.68. The largest absolute Gasteiger partial charge is 0.144 e. The minimum absolute atomic E-state index is 0.0869. The lowest BCUT2D eigenvalue weighted by Gasteiger charge is -2.01. The topological polar surface area (TPSA) is 48.8 Å². The molecule has 0 aliphatic carbocycles. The van der Waals surface area contributed by atoms with Crippen molar-refractivity contribution >= 4 is 21.4 Å². The Balaban J connectivity index is 2.57. The summed E-state index contributed by atoms with van der Waals surface area (Å²) in [5, 5.41) is 6.96. The molecule has 0 fully saturated rings. The molecule has 70 valence electrons. The van der Waals surface area contributed by atoms with Gasteiger partial charge in [-0.2, -0.15) is 0 Å². The first-order chi connectivity index (χ1) is 6.83. The molecule has 0 unspecified atom stereocenters. The molecule has 14 heavy (non-hydrogen) atoms. The Bertz CT molecular complexity index is 497. The lowest BCUT2D eigenvalue weighted by Crippen LogP contribution is -1.84. The normalized spacial score (nSPS) is 12.4. The highest BCUT2D eigenvalue weighted by molar-refractivity contribution is 7.17. The predicted molar refractivity (Wildman–Crippen MR) is 59.4 cm³/mol. The zero-order valence-electron chi connectivity index (χ0n) is 7.71. The van der Waals surface area contributed by atoms with E-state index >= 15 is 0 Å². The van der Waals surface area contributed by atoms with Crippen LogP contribution >= 0.6 is 11.3 Å². The van der Waals surface area contributed by atoms with E-state index in [0.29, 0.717) is 0 Å². The van der Waals surface area contributed by atoms with Gasteiger partial charge < -0.3 is 0 Å². The Kier molecular flexibility index (Phi) is 2.39. The molecule has 0 aliphatic heterocycles. The van der Waals surface area contributed by atoms with E-state index in [-0.39, 0.29) is 6.04 Å². The first-order valence-corrected chi connectivity index (χ1v) is 5.21. The van der Waals surface area contributed by atoms with Gasteiger partial charge in [-0.05, 0) is 27.9 Å². The van der Waals surface area contributed by atoms with Crippen LogP contribution in [0, 0.1) is 0 Å². The Hall–Kier alpha value is -1.51. The first kappa shape index (κ1) is 9.06. The molecule has 0 radical (unpaired) electrons. The minimum Gasteiger partial charge on any atom is -0.144 e. The van der Waals surface area contributed by atoms with Crippen LogP contribution in [0.5, 0.6) is 0 Å². The molecule has 0 amide bonds.